The molecular formula is C65H85N8O12. The van der Waals surface area contributed by atoms with Gasteiger partial charge in [-0.25, -0.2) is 0 Å². The zero-order valence-corrected chi connectivity index (χ0v) is 49.1. The molecule has 0 saturated heterocycles. The van der Waals surface area contributed by atoms with E-state index in [0.717, 1.165) is 38.7 Å². The average Bonchev–Trinajstić information content (AvgIpc) is 2.65. The van der Waals surface area contributed by atoms with E-state index < -0.39 is 23.5 Å². The molecule has 1 aromatic heterocycles. The summed E-state index contributed by atoms with van der Waals surface area (Å²) in [6.45, 7) is 14.1. The highest BCUT2D eigenvalue weighted by Crippen LogP contribution is 2.37. The summed E-state index contributed by atoms with van der Waals surface area (Å²) in [6.07, 6.45) is 3.64. The third-order valence-corrected chi connectivity index (χ3v) is 13.7. The van der Waals surface area contributed by atoms with E-state index in [1.165, 1.54) is 5.56 Å². The maximum atomic E-state index is 14.6. The summed E-state index contributed by atoms with van der Waals surface area (Å²) in [5.74, 6) is -1.22. The van der Waals surface area contributed by atoms with E-state index in [1.54, 1.807) is 12.1 Å². The summed E-state index contributed by atoms with van der Waals surface area (Å²) in [4.78, 5) is 48.3. The van der Waals surface area contributed by atoms with Crippen LogP contribution in [-0.2, 0) is 69.0 Å². The Morgan fingerprint density at radius 2 is 1.04 bits per heavy atom. The van der Waals surface area contributed by atoms with Crippen molar-refractivity contribution < 1.29 is 57.0 Å². The number of carbonyl (C=O) groups excluding carboxylic acids is 3. The van der Waals surface area contributed by atoms with Crippen molar-refractivity contribution in [2.75, 3.05) is 137 Å². The molecule has 0 aliphatic carbocycles. The van der Waals surface area contributed by atoms with Crippen molar-refractivity contribution in [3.8, 4) is 0 Å². The Morgan fingerprint density at radius 1 is 0.553 bits per heavy atom. The van der Waals surface area contributed by atoms with Crippen LogP contribution in [0.3, 0.4) is 0 Å². The summed E-state index contributed by atoms with van der Waals surface area (Å²) in [5.41, 5.74) is 15.2. The van der Waals surface area contributed by atoms with Crippen LogP contribution >= 0.6 is 0 Å². The van der Waals surface area contributed by atoms with Gasteiger partial charge in [-0.15, -0.1) is 0 Å². The minimum atomic E-state index is -1.01. The number of benzene rings is 5. The Morgan fingerprint density at radius 3 is 1.56 bits per heavy atom. The lowest BCUT2D eigenvalue weighted by Gasteiger charge is -2.37. The van der Waals surface area contributed by atoms with E-state index in [2.05, 4.69) is 123 Å². The summed E-state index contributed by atoms with van der Waals surface area (Å²) in [5, 5.41) is 17.3. The minimum Gasteiger partial charge on any atom is -0.379 e. The minimum absolute atomic E-state index is 0.00428. The van der Waals surface area contributed by atoms with Gasteiger partial charge in [0.15, 0.2) is 0 Å². The highest BCUT2D eigenvalue weighted by molar-refractivity contribution is 5.98. The third kappa shape index (κ3) is 24.8. The van der Waals surface area contributed by atoms with E-state index in [0.29, 0.717) is 144 Å². The molecule has 0 saturated carbocycles. The lowest BCUT2D eigenvalue weighted by Crippen LogP contribution is -2.53. The lowest BCUT2D eigenvalue weighted by atomic mass is 9.76. The Hall–Kier alpha value is -7.04. The maximum absolute atomic E-state index is 14.6. The molecule has 2 atom stereocenters. The number of amides is 3. The van der Waals surface area contributed by atoms with E-state index in [1.807, 2.05) is 54.7 Å². The number of aromatic amines is 1. The van der Waals surface area contributed by atoms with E-state index in [-0.39, 0.29) is 37.9 Å². The molecule has 3 amide bonds. The third-order valence-electron chi connectivity index (χ3n) is 13.7. The molecule has 0 spiro atoms. The molecule has 0 aliphatic heterocycles. The number of nitrogens with one attached hydrogen (secondary N) is 5. The smallest absolute Gasteiger partial charge is 0.246 e. The number of hydrogen-bond donors (Lipinski definition) is 5. The number of anilines is 1. The number of aromatic nitrogens is 1. The van der Waals surface area contributed by atoms with Gasteiger partial charge in [-0.1, -0.05) is 126 Å². The second-order valence-electron chi connectivity index (χ2n) is 19.9. The number of para-hydroxylation sites is 1. The van der Waals surface area contributed by atoms with Crippen LogP contribution in [0.25, 0.3) is 21.3 Å². The molecule has 0 bridgehead atoms. The zero-order valence-electron chi connectivity index (χ0n) is 49.1. The van der Waals surface area contributed by atoms with Crippen LogP contribution < -0.4 is 21.3 Å². The van der Waals surface area contributed by atoms with Gasteiger partial charge in [-0.2, -0.15) is 0 Å². The number of carbonyl (C=O) groups is 3. The quantitative estimate of drug-likeness (QED) is 0.00793. The standard InChI is InChI=1S/C65H85N8O12/c1-51-20-24-56(25-21-51)65(54-13-5-3-6-14-54,55-15-7-4-8-16-55)68-29-12-11-19-60(63(75)70-57-26-22-52(2)23-27-57)72-64(76)61(49-53-50-67-59-18-10-9-17-58(53)59)71-62(74)28-31-77-33-35-79-37-39-81-41-43-83-45-47-85-48-46-84-44-42-82-40-38-80-36-34-78-32-30-69-73-66/h3-10,13-18,20-27,50,60-61,67-68H,2,11-12,19,28-49H2,1H3,(H,70,75)(H,71,74)(H,72,76)/t60-,61-/m0/s1. The van der Waals surface area contributed by atoms with E-state index >= 15 is 0 Å². The first-order valence-corrected chi connectivity index (χ1v) is 29.3. The summed E-state index contributed by atoms with van der Waals surface area (Å²) in [6, 6.07) is 42.5. The predicted molar refractivity (Wildman–Crippen MR) is 327 cm³/mol. The van der Waals surface area contributed by atoms with Gasteiger partial charge in [0.2, 0.25) is 17.7 Å². The second-order valence-corrected chi connectivity index (χ2v) is 19.9. The number of H-pyrrole nitrogens is 1. The van der Waals surface area contributed by atoms with Gasteiger partial charge in [0.05, 0.1) is 124 Å². The lowest BCUT2D eigenvalue weighted by molar-refractivity contribution is -0.131. The van der Waals surface area contributed by atoms with Crippen LogP contribution in [0.2, 0.25) is 0 Å². The molecule has 6 rings (SSSR count). The molecule has 0 unspecified atom stereocenters. The maximum Gasteiger partial charge on any atom is 0.246 e. The predicted octanol–water partition coefficient (Wildman–Crippen LogP) is 8.41. The van der Waals surface area contributed by atoms with Gasteiger partial charge < -0.3 is 63.6 Å². The van der Waals surface area contributed by atoms with Crippen molar-refractivity contribution in [1.82, 2.24) is 20.9 Å². The second kappa shape index (κ2) is 40.3. The van der Waals surface area contributed by atoms with Crippen LogP contribution in [0, 0.1) is 13.8 Å². The molecule has 0 aliphatic rings. The number of azide groups is 1. The Balaban J connectivity index is 0.898. The fraction of sp³-hybridized carbons (Fsp3) is 0.446. The number of hydrogen-bond acceptors (Lipinski definition) is 14. The monoisotopic (exact) mass is 1170 g/mol. The number of rotatable bonds is 46. The van der Waals surface area contributed by atoms with Gasteiger partial charge in [0.25, 0.3) is 0 Å². The van der Waals surface area contributed by atoms with Crippen molar-refractivity contribution in [1.29, 1.82) is 0 Å². The van der Waals surface area contributed by atoms with Gasteiger partial charge in [0, 0.05) is 47.1 Å². The number of nitrogens with zero attached hydrogens (tertiary/aromatic N) is 3. The van der Waals surface area contributed by atoms with Gasteiger partial charge >= 0.3 is 0 Å². The Kier molecular flexibility index (Phi) is 31.8. The number of fused-ring (bicyclic) bond motifs is 1. The molecule has 0 fully saturated rings. The molecule has 20 nitrogen and oxygen atoms in total. The van der Waals surface area contributed by atoms with Crippen molar-refractivity contribution in [2.45, 2.75) is 56.7 Å². The van der Waals surface area contributed by atoms with E-state index in [9.17, 15) is 14.4 Å². The number of ether oxygens (including phenoxy) is 9. The van der Waals surface area contributed by atoms with Crippen LogP contribution in [0.5, 0.6) is 0 Å². The van der Waals surface area contributed by atoms with Crippen LogP contribution in [0.4, 0.5) is 5.69 Å². The first kappa shape index (κ1) is 67.1. The summed E-state index contributed by atoms with van der Waals surface area (Å²) >= 11 is 0. The Bertz CT molecular complexity index is 2800. The van der Waals surface area contributed by atoms with Crippen molar-refractivity contribution in [2.24, 2.45) is 5.11 Å². The van der Waals surface area contributed by atoms with Crippen LogP contribution in [-0.4, -0.2) is 167 Å². The molecule has 457 valence electrons. The molecule has 1 radical (unpaired) electrons. The first-order valence-electron chi connectivity index (χ1n) is 29.3. The molecule has 5 aromatic carbocycles. The summed E-state index contributed by atoms with van der Waals surface area (Å²) in [7, 11) is 0. The zero-order chi connectivity index (χ0) is 59.8. The van der Waals surface area contributed by atoms with Crippen molar-refractivity contribution >= 4 is 34.3 Å². The van der Waals surface area contributed by atoms with Gasteiger partial charge in [-0.3, -0.25) is 19.7 Å². The first-order chi connectivity index (χ1) is 41.8. The van der Waals surface area contributed by atoms with Crippen molar-refractivity contribution in [3.63, 3.8) is 0 Å². The average molecular weight is 1170 g/mol. The van der Waals surface area contributed by atoms with Gasteiger partial charge in [0.1, 0.15) is 12.1 Å². The van der Waals surface area contributed by atoms with Crippen molar-refractivity contribution in [3.05, 3.63) is 190 Å². The largest absolute Gasteiger partial charge is 0.379 e. The highest BCUT2D eigenvalue weighted by Gasteiger charge is 2.36. The molecule has 1 heterocycles. The van der Waals surface area contributed by atoms with E-state index in [4.69, 9.17) is 48.2 Å². The topological polar surface area (TPSA) is 247 Å². The number of aryl methyl sites for hydroxylation is 1. The fourth-order valence-electron chi connectivity index (χ4n) is 9.27. The van der Waals surface area contributed by atoms with Gasteiger partial charge in [-0.05, 0) is 91.2 Å². The normalized spacial score (nSPS) is 12.2. The molecule has 5 N–H and O–H groups in total. The Labute approximate surface area is 499 Å². The molecule has 6 aromatic rings. The SMILES string of the molecule is [CH2]c1ccc(NC(=O)[C@H](CCCCNC(c2ccccc2)(c2ccccc2)c2ccc(C)cc2)NC(=O)[C@H](Cc2c[nH]c3ccccc23)NC(=O)CCOCCOCCOCCOCCOCCOCCOCCOCCOCCN=[N+]=[N-])cc1. The highest BCUT2D eigenvalue weighted by atomic mass is 16.6. The summed E-state index contributed by atoms with van der Waals surface area (Å²) < 4.78 is 49.7. The van der Waals surface area contributed by atoms with Crippen LogP contribution in [0.15, 0.2) is 145 Å². The molecule has 20 heteroatoms. The molecule has 85 heavy (non-hydrogen) atoms. The fourth-order valence-corrected chi connectivity index (χ4v) is 9.27. The number of unbranched alkanes of at least 4 members (excludes halogenated alkanes) is 1. The van der Waals surface area contributed by atoms with Crippen LogP contribution in [0.1, 0.15) is 59.1 Å². The molecular weight excluding hydrogens is 1080 g/mol.